The maximum atomic E-state index is 12.5. The Morgan fingerprint density at radius 1 is 1.07 bits per heavy atom. The molecule has 1 aliphatic heterocycles. The van der Waals surface area contributed by atoms with Gasteiger partial charge in [0.25, 0.3) is 0 Å². The number of ether oxygens (including phenoxy) is 1. The van der Waals surface area contributed by atoms with Crippen molar-refractivity contribution in [3.8, 4) is 5.75 Å². The van der Waals surface area contributed by atoms with E-state index in [-0.39, 0.29) is 17.7 Å². The number of rotatable bonds is 7. The molecule has 0 saturated carbocycles. The molecule has 2 aromatic carbocycles. The number of nitrogens with zero attached hydrogens (tertiary/aromatic N) is 1. The topological polar surface area (TPSA) is 58.6 Å². The van der Waals surface area contributed by atoms with Gasteiger partial charge in [0, 0.05) is 30.8 Å². The van der Waals surface area contributed by atoms with Crippen molar-refractivity contribution in [2.75, 3.05) is 25.0 Å². The van der Waals surface area contributed by atoms with Crippen LogP contribution in [0.5, 0.6) is 5.75 Å². The maximum Gasteiger partial charge on any atom is 0.246 e. The zero-order valence-electron chi connectivity index (χ0n) is 16.4. The molecule has 0 aromatic heterocycles. The van der Waals surface area contributed by atoms with Gasteiger partial charge in [-0.15, -0.1) is 0 Å². The molecule has 0 aliphatic carbocycles. The fourth-order valence-electron chi connectivity index (χ4n) is 3.23. The normalized spacial score (nSPS) is 14.6. The highest BCUT2D eigenvalue weighted by atomic mass is 16.5. The average Bonchev–Trinajstić information content (AvgIpc) is 2.77. The summed E-state index contributed by atoms with van der Waals surface area (Å²) in [6.07, 6.45) is 6.43. The summed E-state index contributed by atoms with van der Waals surface area (Å²) in [5.41, 5.74) is 1.74. The fourth-order valence-corrected chi connectivity index (χ4v) is 3.23. The molecule has 0 atom stereocenters. The van der Waals surface area contributed by atoms with Crippen LogP contribution in [0.2, 0.25) is 0 Å². The third-order valence-electron chi connectivity index (χ3n) is 4.89. The van der Waals surface area contributed by atoms with Crippen molar-refractivity contribution in [2.45, 2.75) is 12.8 Å². The number of amides is 2. The molecule has 5 heteroatoms. The molecule has 1 fully saturated rings. The van der Waals surface area contributed by atoms with Crippen molar-refractivity contribution in [1.82, 2.24) is 4.90 Å². The van der Waals surface area contributed by atoms with E-state index < -0.39 is 0 Å². The molecule has 1 aliphatic rings. The predicted molar refractivity (Wildman–Crippen MR) is 116 cm³/mol. The number of anilines is 1. The molecule has 0 bridgehead atoms. The summed E-state index contributed by atoms with van der Waals surface area (Å²) in [5.74, 6) is 0.701. The van der Waals surface area contributed by atoms with E-state index >= 15 is 0 Å². The van der Waals surface area contributed by atoms with Crippen molar-refractivity contribution >= 4 is 23.6 Å². The Hall–Kier alpha value is -3.34. The monoisotopic (exact) mass is 390 g/mol. The number of carbonyl (C=O) groups excluding carboxylic acids is 2. The first-order valence-corrected chi connectivity index (χ1v) is 9.82. The largest absolute Gasteiger partial charge is 0.490 e. The molecule has 150 valence electrons. The molecule has 0 spiro atoms. The van der Waals surface area contributed by atoms with Gasteiger partial charge in [-0.2, -0.15) is 0 Å². The van der Waals surface area contributed by atoms with Crippen LogP contribution in [0.1, 0.15) is 18.4 Å². The summed E-state index contributed by atoms with van der Waals surface area (Å²) < 4.78 is 5.45. The fraction of sp³-hybridized carbons (Fsp3) is 0.250. The van der Waals surface area contributed by atoms with Crippen LogP contribution in [0.4, 0.5) is 5.69 Å². The van der Waals surface area contributed by atoms with Gasteiger partial charge in [-0.25, -0.2) is 0 Å². The van der Waals surface area contributed by atoms with Gasteiger partial charge < -0.3 is 15.0 Å². The maximum absolute atomic E-state index is 12.5. The van der Waals surface area contributed by atoms with Crippen molar-refractivity contribution in [1.29, 1.82) is 0 Å². The summed E-state index contributed by atoms with van der Waals surface area (Å²) in [7, 11) is 0. The smallest absolute Gasteiger partial charge is 0.246 e. The SMILES string of the molecule is C=CCOc1ccc(/C=C/C(=O)N2CCC(C(=O)Nc3ccccc3)CC2)cc1. The number of hydrogen-bond donors (Lipinski definition) is 1. The van der Waals surface area contributed by atoms with Gasteiger partial charge in [0.1, 0.15) is 12.4 Å². The lowest BCUT2D eigenvalue weighted by Gasteiger charge is -2.30. The van der Waals surface area contributed by atoms with Crippen molar-refractivity contribution in [3.05, 3.63) is 78.9 Å². The lowest BCUT2D eigenvalue weighted by molar-refractivity contribution is -0.130. The third kappa shape index (κ3) is 6.07. The molecule has 0 unspecified atom stereocenters. The molecular formula is C24H26N2O3. The van der Waals surface area contributed by atoms with Crippen LogP contribution in [0.3, 0.4) is 0 Å². The minimum Gasteiger partial charge on any atom is -0.490 e. The molecule has 3 rings (SSSR count). The first-order chi connectivity index (χ1) is 14.2. The van der Waals surface area contributed by atoms with Crippen molar-refractivity contribution < 1.29 is 14.3 Å². The van der Waals surface area contributed by atoms with E-state index in [2.05, 4.69) is 11.9 Å². The van der Waals surface area contributed by atoms with E-state index in [1.807, 2.05) is 54.6 Å². The van der Waals surface area contributed by atoms with Crippen LogP contribution in [0.15, 0.2) is 73.3 Å². The molecule has 1 saturated heterocycles. The van der Waals surface area contributed by atoms with Gasteiger partial charge in [-0.3, -0.25) is 9.59 Å². The van der Waals surface area contributed by atoms with E-state index in [4.69, 9.17) is 4.74 Å². The van der Waals surface area contributed by atoms with Crippen molar-refractivity contribution in [3.63, 3.8) is 0 Å². The number of likely N-dealkylation sites (tertiary alicyclic amines) is 1. The molecule has 2 amide bonds. The van der Waals surface area contributed by atoms with E-state index in [1.54, 1.807) is 23.1 Å². The highest BCUT2D eigenvalue weighted by Crippen LogP contribution is 2.20. The molecular weight excluding hydrogens is 364 g/mol. The third-order valence-corrected chi connectivity index (χ3v) is 4.89. The number of piperidine rings is 1. The number of hydrogen-bond acceptors (Lipinski definition) is 3. The molecule has 5 nitrogen and oxygen atoms in total. The molecule has 2 aromatic rings. The highest BCUT2D eigenvalue weighted by molar-refractivity contribution is 5.94. The Morgan fingerprint density at radius 3 is 2.41 bits per heavy atom. The van der Waals surface area contributed by atoms with Crippen LogP contribution < -0.4 is 10.1 Å². The second-order valence-corrected chi connectivity index (χ2v) is 6.96. The van der Waals surface area contributed by atoms with Gasteiger partial charge in [-0.05, 0) is 48.7 Å². The Kier molecular flexibility index (Phi) is 7.22. The van der Waals surface area contributed by atoms with Gasteiger partial charge in [0.2, 0.25) is 11.8 Å². The molecule has 29 heavy (non-hydrogen) atoms. The zero-order valence-corrected chi connectivity index (χ0v) is 16.4. The molecule has 0 radical (unpaired) electrons. The number of nitrogens with one attached hydrogen (secondary N) is 1. The lowest BCUT2D eigenvalue weighted by atomic mass is 9.95. The van der Waals surface area contributed by atoms with Crippen LogP contribution in [0, 0.1) is 5.92 Å². The number of para-hydroxylation sites is 1. The standard InChI is InChI=1S/C24H26N2O3/c1-2-18-29-22-11-8-19(9-12-22)10-13-23(27)26-16-14-20(15-17-26)24(28)25-21-6-4-3-5-7-21/h2-13,20H,1,14-18H2,(H,25,28)/b13-10+. The minimum absolute atomic E-state index is 0.0256. The van der Waals surface area contributed by atoms with Gasteiger partial charge in [0.05, 0.1) is 0 Å². The first kappa shape index (κ1) is 20.4. The van der Waals surface area contributed by atoms with Gasteiger partial charge in [0.15, 0.2) is 0 Å². The van der Waals surface area contributed by atoms with E-state index in [9.17, 15) is 9.59 Å². The second kappa shape index (κ2) is 10.3. The second-order valence-electron chi connectivity index (χ2n) is 6.96. The molecule has 1 heterocycles. The van der Waals surface area contributed by atoms with Crippen LogP contribution in [-0.4, -0.2) is 36.4 Å². The number of benzene rings is 2. The van der Waals surface area contributed by atoms with Crippen LogP contribution >= 0.6 is 0 Å². The highest BCUT2D eigenvalue weighted by Gasteiger charge is 2.26. The van der Waals surface area contributed by atoms with Gasteiger partial charge >= 0.3 is 0 Å². The average molecular weight is 390 g/mol. The summed E-state index contributed by atoms with van der Waals surface area (Å²) in [4.78, 5) is 26.6. The van der Waals surface area contributed by atoms with E-state index in [0.717, 1.165) is 17.0 Å². The Bertz CT molecular complexity index is 851. The summed E-state index contributed by atoms with van der Waals surface area (Å²) in [6.45, 7) is 5.26. The quantitative estimate of drug-likeness (QED) is 0.571. The summed E-state index contributed by atoms with van der Waals surface area (Å²) >= 11 is 0. The Balaban J connectivity index is 1.46. The zero-order chi connectivity index (χ0) is 20.5. The van der Waals surface area contributed by atoms with E-state index in [0.29, 0.717) is 32.5 Å². The van der Waals surface area contributed by atoms with Crippen LogP contribution in [0.25, 0.3) is 6.08 Å². The first-order valence-electron chi connectivity index (χ1n) is 9.82. The lowest BCUT2D eigenvalue weighted by Crippen LogP contribution is -2.40. The predicted octanol–water partition coefficient (Wildman–Crippen LogP) is 4.14. The van der Waals surface area contributed by atoms with E-state index in [1.165, 1.54) is 0 Å². The summed E-state index contributed by atoms with van der Waals surface area (Å²) in [6, 6.07) is 17.0. The Labute approximate surface area is 171 Å². The Morgan fingerprint density at radius 2 is 1.76 bits per heavy atom. The van der Waals surface area contributed by atoms with Crippen LogP contribution in [-0.2, 0) is 9.59 Å². The molecule has 1 N–H and O–H groups in total. The van der Waals surface area contributed by atoms with Crippen molar-refractivity contribution in [2.24, 2.45) is 5.92 Å². The number of carbonyl (C=O) groups is 2. The van der Waals surface area contributed by atoms with Gasteiger partial charge in [-0.1, -0.05) is 43.0 Å². The summed E-state index contributed by atoms with van der Waals surface area (Å²) in [5, 5.41) is 2.95. The minimum atomic E-state index is -0.0636.